The first kappa shape index (κ1) is 10.7. The summed E-state index contributed by atoms with van der Waals surface area (Å²) in [6, 6.07) is -1.33. The highest BCUT2D eigenvalue weighted by Crippen LogP contribution is 2.19. The van der Waals surface area contributed by atoms with Crippen molar-refractivity contribution in [3.63, 3.8) is 0 Å². The lowest BCUT2D eigenvalue weighted by Gasteiger charge is -2.11. The zero-order valence-corrected chi connectivity index (χ0v) is 8.29. The maximum atomic E-state index is 11.2. The summed E-state index contributed by atoms with van der Waals surface area (Å²) >= 11 is 0. The smallest absolute Gasteiger partial charge is 0.421 e. The van der Waals surface area contributed by atoms with E-state index >= 15 is 0 Å². The molecule has 0 radical (unpaired) electrons. The van der Waals surface area contributed by atoms with E-state index in [0.29, 0.717) is 0 Å². The highest BCUT2D eigenvalue weighted by Gasteiger charge is 2.45. The molecule has 0 aromatic carbocycles. The van der Waals surface area contributed by atoms with Crippen LogP contribution in [0, 0.1) is 0 Å². The summed E-state index contributed by atoms with van der Waals surface area (Å²) in [6.45, 7) is 3.31. The summed E-state index contributed by atoms with van der Waals surface area (Å²) in [6.07, 6.45) is 0.466. The van der Waals surface area contributed by atoms with Gasteiger partial charge in [0.05, 0.1) is 0 Å². The number of nitrogens with zero attached hydrogens (tertiary/aromatic N) is 1. The fourth-order valence-corrected chi connectivity index (χ4v) is 1.14. The van der Waals surface area contributed by atoms with Gasteiger partial charge in [0.2, 0.25) is 6.04 Å². The molecular weight excluding hydrogens is 209 g/mol. The molecule has 1 heterocycles. The van der Waals surface area contributed by atoms with Gasteiger partial charge in [0.25, 0.3) is 0 Å². The second kappa shape index (κ2) is 4.19. The summed E-state index contributed by atoms with van der Waals surface area (Å²) in [5.41, 5.74) is 0. The van der Waals surface area contributed by atoms with Crippen molar-refractivity contribution in [1.82, 2.24) is 4.67 Å². The molecule has 2 atom stereocenters. The summed E-state index contributed by atoms with van der Waals surface area (Å²) in [7, 11) is 1.92. The number of rotatable bonds is 3. The molecule has 76 valence electrons. The van der Waals surface area contributed by atoms with Gasteiger partial charge in [-0.2, -0.15) is 0 Å². The van der Waals surface area contributed by atoms with Gasteiger partial charge in [-0.25, -0.2) is 14.4 Å². The molecule has 14 heavy (non-hydrogen) atoms. The van der Waals surface area contributed by atoms with E-state index in [0.717, 1.165) is 4.67 Å². The Morgan fingerprint density at radius 1 is 1.71 bits per heavy atom. The summed E-state index contributed by atoms with van der Waals surface area (Å²) in [5, 5.41) is 0. The average molecular weight is 217 g/mol. The van der Waals surface area contributed by atoms with Crippen molar-refractivity contribution in [2.24, 2.45) is 0 Å². The first-order valence-electron chi connectivity index (χ1n) is 3.65. The van der Waals surface area contributed by atoms with Crippen LogP contribution >= 0.6 is 9.39 Å². The molecule has 6 nitrogen and oxygen atoms in total. The molecular formula is C7H8NO5P. The fraction of sp³-hybridized carbons (Fsp3) is 0.286. The number of esters is 2. The van der Waals surface area contributed by atoms with Crippen molar-refractivity contribution in [3.8, 4) is 0 Å². The number of carbonyl (C=O) groups is 3. The monoisotopic (exact) mass is 217 g/mol. The standard InChI is InChI=1S/C7H8NO5P/c1-2-3-12-5(9)4-6(10)13-7(11)8(4)14/h2,4H,1,3,14H2. The van der Waals surface area contributed by atoms with Crippen molar-refractivity contribution in [1.29, 1.82) is 0 Å². The Labute approximate surface area is 82.1 Å². The summed E-state index contributed by atoms with van der Waals surface area (Å²) < 4.78 is 9.59. The Morgan fingerprint density at radius 2 is 2.36 bits per heavy atom. The molecule has 7 heteroatoms. The van der Waals surface area contributed by atoms with Gasteiger partial charge >= 0.3 is 18.0 Å². The van der Waals surface area contributed by atoms with Gasteiger partial charge in [-0.05, 0) is 9.39 Å². The lowest BCUT2D eigenvalue weighted by atomic mass is 10.3. The Hall–Kier alpha value is -1.42. The molecule has 0 aromatic heterocycles. The molecule has 1 amide bonds. The van der Waals surface area contributed by atoms with E-state index in [4.69, 9.17) is 0 Å². The van der Waals surface area contributed by atoms with E-state index in [1.165, 1.54) is 6.08 Å². The molecule has 2 unspecified atom stereocenters. The van der Waals surface area contributed by atoms with E-state index in [-0.39, 0.29) is 6.61 Å². The lowest BCUT2D eigenvalue weighted by Crippen LogP contribution is -2.36. The van der Waals surface area contributed by atoms with Crippen molar-refractivity contribution in [2.45, 2.75) is 6.04 Å². The van der Waals surface area contributed by atoms with Crippen LogP contribution in [0.25, 0.3) is 0 Å². The minimum Gasteiger partial charge on any atom is -0.459 e. The van der Waals surface area contributed by atoms with Crippen molar-refractivity contribution in [3.05, 3.63) is 12.7 Å². The Morgan fingerprint density at radius 3 is 2.79 bits per heavy atom. The van der Waals surface area contributed by atoms with E-state index < -0.39 is 24.1 Å². The molecule has 1 aliphatic rings. The predicted molar refractivity (Wildman–Crippen MR) is 48.0 cm³/mol. The average Bonchev–Trinajstić information content (AvgIpc) is 2.38. The van der Waals surface area contributed by atoms with Gasteiger partial charge in [-0.3, -0.25) is 4.67 Å². The molecule has 1 fully saturated rings. The maximum Gasteiger partial charge on any atom is 0.421 e. The first-order chi connectivity index (χ1) is 6.57. The zero-order valence-electron chi connectivity index (χ0n) is 7.13. The molecule has 0 bridgehead atoms. The molecule has 0 aromatic rings. The minimum absolute atomic E-state index is 0.0185. The van der Waals surface area contributed by atoms with Crippen LogP contribution in [-0.4, -0.2) is 35.4 Å². The van der Waals surface area contributed by atoms with Crippen molar-refractivity contribution >= 4 is 27.4 Å². The lowest BCUT2D eigenvalue weighted by molar-refractivity contribution is -0.151. The minimum atomic E-state index is -1.33. The number of hydrogen-bond donors (Lipinski definition) is 0. The summed E-state index contributed by atoms with van der Waals surface area (Å²) in [4.78, 5) is 33.0. The van der Waals surface area contributed by atoms with Crippen LogP contribution in [-0.2, 0) is 19.1 Å². The van der Waals surface area contributed by atoms with Crippen LogP contribution in [0.1, 0.15) is 0 Å². The normalized spacial score (nSPS) is 20.6. The second-order valence-electron chi connectivity index (χ2n) is 2.42. The van der Waals surface area contributed by atoms with Crippen molar-refractivity contribution in [2.75, 3.05) is 6.61 Å². The van der Waals surface area contributed by atoms with Crippen LogP contribution in [0.15, 0.2) is 12.7 Å². The van der Waals surface area contributed by atoms with Gasteiger partial charge < -0.3 is 9.47 Å². The third kappa shape index (κ3) is 1.90. The molecule has 0 spiro atoms. The Bertz CT molecular complexity index is 302. The predicted octanol–water partition coefficient (Wildman–Crippen LogP) is -0.147. The number of carbonyl (C=O) groups excluding carboxylic acids is 3. The van der Waals surface area contributed by atoms with Gasteiger partial charge in [0, 0.05) is 0 Å². The molecule has 0 aliphatic carbocycles. The van der Waals surface area contributed by atoms with E-state index in [1.807, 2.05) is 9.39 Å². The fourth-order valence-electron chi connectivity index (χ4n) is 0.843. The van der Waals surface area contributed by atoms with Gasteiger partial charge in [0.15, 0.2) is 0 Å². The third-order valence-corrected chi connectivity index (χ3v) is 1.98. The number of cyclic esters (lactones) is 2. The molecule has 1 rings (SSSR count). The van der Waals surface area contributed by atoms with Gasteiger partial charge in [-0.1, -0.05) is 12.7 Å². The Balaban J connectivity index is 2.67. The maximum absolute atomic E-state index is 11.2. The highest BCUT2D eigenvalue weighted by molar-refractivity contribution is 7.15. The van der Waals surface area contributed by atoms with E-state index in [2.05, 4.69) is 16.1 Å². The first-order valence-corrected chi connectivity index (χ1v) is 4.16. The largest absolute Gasteiger partial charge is 0.459 e. The Kier molecular flexibility index (Phi) is 3.19. The number of amides is 1. The van der Waals surface area contributed by atoms with E-state index in [9.17, 15) is 14.4 Å². The molecule has 1 saturated heterocycles. The van der Waals surface area contributed by atoms with Crippen LogP contribution in [0.2, 0.25) is 0 Å². The zero-order chi connectivity index (χ0) is 10.7. The van der Waals surface area contributed by atoms with Crippen LogP contribution in [0.4, 0.5) is 4.79 Å². The highest BCUT2D eigenvalue weighted by atomic mass is 31.0. The van der Waals surface area contributed by atoms with Gasteiger partial charge in [0.1, 0.15) is 6.61 Å². The second-order valence-corrected chi connectivity index (χ2v) is 2.97. The molecule has 0 saturated carbocycles. The molecule has 1 aliphatic heterocycles. The van der Waals surface area contributed by atoms with Crippen LogP contribution in [0.3, 0.4) is 0 Å². The quantitative estimate of drug-likeness (QED) is 0.284. The van der Waals surface area contributed by atoms with Crippen LogP contribution in [0.5, 0.6) is 0 Å². The van der Waals surface area contributed by atoms with Crippen LogP contribution < -0.4 is 0 Å². The topological polar surface area (TPSA) is 72.9 Å². The molecule has 0 N–H and O–H groups in total. The number of hydrogen-bond acceptors (Lipinski definition) is 5. The van der Waals surface area contributed by atoms with E-state index in [1.54, 1.807) is 0 Å². The van der Waals surface area contributed by atoms with Crippen molar-refractivity contribution < 1.29 is 23.9 Å². The SMILES string of the molecule is C=CCOC(=O)C1C(=O)OC(=O)N1P. The summed E-state index contributed by atoms with van der Waals surface area (Å²) in [5.74, 6) is -1.77. The third-order valence-electron chi connectivity index (χ3n) is 1.47. The number of ether oxygens (including phenoxy) is 2. The van der Waals surface area contributed by atoms with Gasteiger partial charge in [-0.15, -0.1) is 0 Å².